The van der Waals surface area contributed by atoms with Crippen LogP contribution < -0.4 is 10.1 Å². The van der Waals surface area contributed by atoms with Crippen LogP contribution in [0.3, 0.4) is 0 Å². The molecule has 1 aliphatic carbocycles. The van der Waals surface area contributed by atoms with E-state index in [1.165, 1.54) is 7.11 Å². The van der Waals surface area contributed by atoms with E-state index in [0.29, 0.717) is 19.6 Å². The molecule has 8 nitrogen and oxygen atoms in total. The molecule has 1 saturated carbocycles. The summed E-state index contributed by atoms with van der Waals surface area (Å²) in [5.74, 6) is -0.0873. The van der Waals surface area contributed by atoms with Crippen LogP contribution in [0.2, 0.25) is 0 Å². The van der Waals surface area contributed by atoms with Gasteiger partial charge in [-0.1, -0.05) is 31.4 Å². The van der Waals surface area contributed by atoms with Crippen LogP contribution in [0.15, 0.2) is 24.3 Å². The molecule has 1 N–H and O–H groups in total. The first-order chi connectivity index (χ1) is 17.3. The van der Waals surface area contributed by atoms with E-state index in [-0.39, 0.29) is 30.3 Å². The molecule has 0 aromatic heterocycles. The van der Waals surface area contributed by atoms with Gasteiger partial charge in [0.1, 0.15) is 17.8 Å². The molecule has 2 fully saturated rings. The average molecular weight is 501 g/mol. The molecule has 2 aliphatic heterocycles. The van der Waals surface area contributed by atoms with Crippen molar-refractivity contribution in [3.05, 3.63) is 29.8 Å². The first-order valence-electron chi connectivity index (χ1n) is 13.3. The Kier molecular flexibility index (Phi) is 8.54. The van der Waals surface area contributed by atoms with Gasteiger partial charge in [0.15, 0.2) is 0 Å². The highest BCUT2D eigenvalue weighted by Crippen LogP contribution is 2.32. The van der Waals surface area contributed by atoms with Gasteiger partial charge in [0.05, 0.1) is 31.8 Å². The Morgan fingerprint density at radius 1 is 1.14 bits per heavy atom. The van der Waals surface area contributed by atoms with Crippen molar-refractivity contribution in [1.29, 1.82) is 0 Å². The molecule has 198 valence electrons. The highest BCUT2D eigenvalue weighted by molar-refractivity contribution is 5.92. The average Bonchev–Trinajstić information content (AvgIpc) is 3.27. The lowest BCUT2D eigenvalue weighted by Crippen LogP contribution is -2.55. The third-order valence-corrected chi connectivity index (χ3v) is 7.66. The molecule has 2 heterocycles. The van der Waals surface area contributed by atoms with Gasteiger partial charge in [-0.05, 0) is 63.1 Å². The molecule has 36 heavy (non-hydrogen) atoms. The van der Waals surface area contributed by atoms with Crippen molar-refractivity contribution in [3.8, 4) is 5.75 Å². The van der Waals surface area contributed by atoms with E-state index in [4.69, 9.17) is 14.2 Å². The molecular weight excluding hydrogens is 460 g/mol. The lowest BCUT2D eigenvalue weighted by molar-refractivity contribution is -0.152. The minimum atomic E-state index is -0.717. The van der Waals surface area contributed by atoms with Crippen LogP contribution in [0.25, 0.3) is 0 Å². The van der Waals surface area contributed by atoms with Crippen molar-refractivity contribution >= 4 is 17.8 Å². The van der Waals surface area contributed by atoms with Gasteiger partial charge in [-0.15, -0.1) is 0 Å². The summed E-state index contributed by atoms with van der Waals surface area (Å²) in [7, 11) is 1.34. The van der Waals surface area contributed by atoms with Crippen molar-refractivity contribution in [2.24, 2.45) is 5.92 Å². The highest BCUT2D eigenvalue weighted by Gasteiger charge is 2.46. The van der Waals surface area contributed by atoms with Crippen molar-refractivity contribution in [1.82, 2.24) is 10.2 Å². The summed E-state index contributed by atoms with van der Waals surface area (Å²) in [6.07, 6.45) is 6.77. The van der Waals surface area contributed by atoms with E-state index >= 15 is 0 Å². The zero-order valence-corrected chi connectivity index (χ0v) is 21.8. The van der Waals surface area contributed by atoms with Crippen LogP contribution in [0.1, 0.15) is 70.8 Å². The Labute approximate surface area is 214 Å². The number of ether oxygens (including phenoxy) is 3. The fourth-order valence-corrected chi connectivity index (χ4v) is 5.87. The lowest BCUT2D eigenvalue weighted by Gasteiger charge is -2.34. The summed E-state index contributed by atoms with van der Waals surface area (Å²) in [5, 5.41) is 3.05. The van der Waals surface area contributed by atoms with Crippen LogP contribution in [-0.2, 0) is 30.3 Å². The third kappa shape index (κ3) is 6.58. The van der Waals surface area contributed by atoms with E-state index in [9.17, 15) is 14.4 Å². The molecule has 4 bridgehead atoms. The van der Waals surface area contributed by atoms with E-state index in [2.05, 4.69) is 5.32 Å². The summed E-state index contributed by atoms with van der Waals surface area (Å²) in [6, 6.07) is 6.17. The van der Waals surface area contributed by atoms with Gasteiger partial charge < -0.3 is 24.4 Å². The van der Waals surface area contributed by atoms with Crippen molar-refractivity contribution < 1.29 is 28.6 Å². The number of amides is 2. The molecule has 3 aliphatic rings. The van der Waals surface area contributed by atoms with Gasteiger partial charge in [0.2, 0.25) is 11.8 Å². The first kappa shape index (κ1) is 26.5. The smallest absolute Gasteiger partial charge is 0.328 e. The van der Waals surface area contributed by atoms with Gasteiger partial charge in [-0.3, -0.25) is 9.59 Å². The fraction of sp³-hybridized carbons (Fsp3) is 0.679. The molecule has 3 atom stereocenters. The summed E-state index contributed by atoms with van der Waals surface area (Å²) in [6.45, 7) is 4.90. The van der Waals surface area contributed by atoms with Crippen molar-refractivity contribution in [2.45, 2.75) is 95.4 Å². The normalized spacial score (nSPS) is 28.1. The predicted octanol–water partition coefficient (Wildman–Crippen LogP) is 3.40. The summed E-state index contributed by atoms with van der Waals surface area (Å²) < 4.78 is 17.4. The number of esters is 1. The molecule has 0 radical (unpaired) electrons. The summed E-state index contributed by atoms with van der Waals surface area (Å²) in [4.78, 5) is 41.4. The summed E-state index contributed by atoms with van der Waals surface area (Å²) in [5.41, 5.74) is 0.391. The number of rotatable bonds is 2. The zero-order chi connectivity index (χ0) is 25.7. The fourth-order valence-electron chi connectivity index (χ4n) is 5.87. The molecule has 0 spiro atoms. The maximum Gasteiger partial charge on any atom is 0.328 e. The van der Waals surface area contributed by atoms with Crippen molar-refractivity contribution in [2.75, 3.05) is 20.3 Å². The molecular formula is C28H40N2O6. The van der Waals surface area contributed by atoms with E-state index < -0.39 is 23.7 Å². The number of fused-ring (bicyclic) bond motifs is 4. The maximum absolute atomic E-state index is 14.0. The predicted molar refractivity (Wildman–Crippen MR) is 134 cm³/mol. The second-order valence-corrected chi connectivity index (χ2v) is 11.0. The number of benzene rings is 1. The Bertz CT molecular complexity index is 942. The van der Waals surface area contributed by atoms with Gasteiger partial charge >= 0.3 is 5.97 Å². The zero-order valence-electron chi connectivity index (χ0n) is 21.8. The molecule has 8 heteroatoms. The van der Waals surface area contributed by atoms with Crippen LogP contribution >= 0.6 is 0 Å². The molecule has 2 amide bonds. The molecule has 4 rings (SSSR count). The van der Waals surface area contributed by atoms with Crippen LogP contribution in [0.5, 0.6) is 5.75 Å². The highest BCUT2D eigenvalue weighted by atomic mass is 16.5. The number of methoxy groups -OCH3 is 1. The first-order valence-corrected chi connectivity index (χ1v) is 13.3. The van der Waals surface area contributed by atoms with Crippen LogP contribution in [0, 0.1) is 5.92 Å². The Morgan fingerprint density at radius 3 is 2.67 bits per heavy atom. The molecule has 1 aromatic carbocycles. The topological polar surface area (TPSA) is 94.2 Å². The second-order valence-electron chi connectivity index (χ2n) is 11.0. The summed E-state index contributed by atoms with van der Waals surface area (Å²) >= 11 is 0. The number of hydrogen-bond donors (Lipinski definition) is 1. The molecule has 1 aromatic rings. The monoisotopic (exact) mass is 500 g/mol. The maximum atomic E-state index is 14.0. The Hall–Kier alpha value is -2.61. The van der Waals surface area contributed by atoms with Gasteiger partial charge in [0.25, 0.3) is 0 Å². The SMILES string of the molecule is COC(=O)[C@@H]1C[C@@H]2CN1C(=O)C(C1CCCCC1)NC(=O)Cc1cccc(c1)OCCCC(C)(C)O2. The minimum Gasteiger partial charge on any atom is -0.494 e. The van der Waals surface area contributed by atoms with Crippen LogP contribution in [0.4, 0.5) is 0 Å². The lowest BCUT2D eigenvalue weighted by atomic mass is 9.83. The number of carbonyl (C=O) groups excluding carboxylic acids is 3. The van der Waals surface area contributed by atoms with Gasteiger partial charge in [-0.2, -0.15) is 0 Å². The third-order valence-electron chi connectivity index (χ3n) is 7.66. The Morgan fingerprint density at radius 2 is 1.92 bits per heavy atom. The largest absolute Gasteiger partial charge is 0.494 e. The van der Waals surface area contributed by atoms with E-state index in [1.54, 1.807) is 4.90 Å². The Balaban J connectivity index is 1.64. The molecule has 1 unspecified atom stereocenters. The van der Waals surface area contributed by atoms with Crippen LogP contribution in [-0.4, -0.2) is 66.7 Å². The number of carbonyl (C=O) groups is 3. The quantitative estimate of drug-likeness (QED) is 0.626. The van der Waals surface area contributed by atoms with E-state index in [1.807, 2.05) is 38.1 Å². The minimum absolute atomic E-state index is 0.0432. The van der Waals surface area contributed by atoms with E-state index in [0.717, 1.165) is 56.3 Å². The van der Waals surface area contributed by atoms with Gasteiger partial charge in [-0.25, -0.2) is 4.79 Å². The van der Waals surface area contributed by atoms with Gasteiger partial charge in [0, 0.05) is 13.0 Å². The second kappa shape index (κ2) is 11.6. The molecule has 1 saturated heterocycles. The number of nitrogens with one attached hydrogen (secondary N) is 1. The standard InChI is InChI=1S/C28H40N2O6/c1-28(2)13-8-14-35-21-12-7-9-19(15-21)16-24(31)29-25(20-10-5-4-6-11-20)26(32)30-18-22(36-28)17-23(30)27(33)34-3/h7,9,12,15,20,22-23,25H,4-6,8,10-11,13-14,16-18H2,1-3H3,(H,29,31)/t22-,23+,25?/m1/s1. The number of nitrogens with zero attached hydrogens (tertiary/aromatic N) is 1. The number of hydrogen-bond acceptors (Lipinski definition) is 6. The van der Waals surface area contributed by atoms with Crippen molar-refractivity contribution in [3.63, 3.8) is 0 Å².